The summed E-state index contributed by atoms with van der Waals surface area (Å²) < 4.78 is 10.5. The van der Waals surface area contributed by atoms with Crippen molar-refractivity contribution in [3.05, 3.63) is 39.7 Å². The number of unbranched alkanes of at least 4 members (excludes halogenated alkanes) is 1. The molecule has 7 heteroatoms. The van der Waals surface area contributed by atoms with Gasteiger partial charge in [0.1, 0.15) is 11.3 Å². The van der Waals surface area contributed by atoms with E-state index in [-0.39, 0.29) is 6.42 Å². The highest BCUT2D eigenvalue weighted by molar-refractivity contribution is 5.90. The zero-order valence-corrected chi connectivity index (χ0v) is 15.1. The van der Waals surface area contributed by atoms with E-state index >= 15 is 0 Å². The average Bonchev–Trinajstić information content (AvgIpc) is 2.59. The van der Waals surface area contributed by atoms with Crippen molar-refractivity contribution in [1.29, 1.82) is 0 Å². The summed E-state index contributed by atoms with van der Waals surface area (Å²) in [5.41, 5.74) is 0.883. The maximum atomic E-state index is 12.3. The molecule has 140 valence electrons. The van der Waals surface area contributed by atoms with Crippen LogP contribution in [0.1, 0.15) is 37.3 Å². The second-order valence-corrected chi connectivity index (χ2v) is 6.12. The van der Waals surface area contributed by atoms with Crippen molar-refractivity contribution in [2.24, 2.45) is 0 Å². The molecule has 1 aromatic heterocycles. The van der Waals surface area contributed by atoms with Crippen LogP contribution >= 0.6 is 0 Å². The van der Waals surface area contributed by atoms with Gasteiger partial charge in [0, 0.05) is 17.0 Å². The predicted octanol–water partition coefficient (Wildman–Crippen LogP) is 1.08. The topological polar surface area (TPSA) is 109 Å². The molecule has 0 saturated heterocycles. The number of benzene rings is 1. The van der Waals surface area contributed by atoms with E-state index in [0.29, 0.717) is 40.7 Å². The summed E-state index contributed by atoms with van der Waals surface area (Å²) in [7, 11) is 1.51. The van der Waals surface area contributed by atoms with Gasteiger partial charge in [0.2, 0.25) is 5.91 Å². The lowest BCUT2D eigenvalue weighted by atomic mass is 10.0. The first-order valence-corrected chi connectivity index (χ1v) is 8.47. The van der Waals surface area contributed by atoms with Gasteiger partial charge in [0.05, 0.1) is 25.5 Å². The summed E-state index contributed by atoms with van der Waals surface area (Å²) in [5, 5.41) is 14.2. The molecule has 1 aromatic carbocycles. The summed E-state index contributed by atoms with van der Waals surface area (Å²) >= 11 is 0. The molecule has 7 nitrogen and oxygen atoms in total. The maximum Gasteiger partial charge on any atom is 0.336 e. The number of carbonyl (C=O) groups excluding carboxylic acids is 2. The van der Waals surface area contributed by atoms with Gasteiger partial charge < -0.3 is 24.4 Å². The standard InChI is InChI=1S/C19H23NO6/c1-4-5-6-14(19(23)24)20-16(21)9-12-10-17(22)26-18-11(2)15(25-3)8-7-13(12)18/h7-8,10,14H,4-6,9H2,1-3H3,(H,20,21)(H,23,24)/p-1/t14-/m1/s1. The normalized spacial score (nSPS) is 12.0. The van der Waals surface area contributed by atoms with E-state index in [1.165, 1.54) is 13.2 Å². The van der Waals surface area contributed by atoms with Crippen LogP contribution in [0.4, 0.5) is 0 Å². The van der Waals surface area contributed by atoms with Crippen LogP contribution in [0.25, 0.3) is 11.0 Å². The maximum absolute atomic E-state index is 12.3. The summed E-state index contributed by atoms with van der Waals surface area (Å²) in [4.78, 5) is 35.3. The molecule has 0 spiro atoms. The minimum absolute atomic E-state index is 0.135. The number of carbonyl (C=O) groups is 2. The average molecular weight is 360 g/mol. The number of carboxylic acid groups (broad SMARTS) is 1. The van der Waals surface area contributed by atoms with Gasteiger partial charge in [-0.05, 0) is 31.0 Å². The zero-order valence-electron chi connectivity index (χ0n) is 15.1. The fourth-order valence-corrected chi connectivity index (χ4v) is 2.85. The number of fused-ring (bicyclic) bond motifs is 1. The highest BCUT2D eigenvalue weighted by atomic mass is 16.5. The van der Waals surface area contributed by atoms with Crippen LogP contribution in [-0.2, 0) is 16.0 Å². The van der Waals surface area contributed by atoms with Crippen LogP contribution < -0.4 is 20.8 Å². The Balaban J connectivity index is 2.30. The number of aliphatic carboxylic acids is 1. The highest BCUT2D eigenvalue weighted by Gasteiger charge is 2.17. The minimum Gasteiger partial charge on any atom is -0.548 e. The first kappa shape index (κ1) is 19.5. The van der Waals surface area contributed by atoms with Gasteiger partial charge in [-0.25, -0.2) is 4.79 Å². The Bertz CT molecular complexity index is 870. The number of rotatable bonds is 8. The molecule has 0 aliphatic rings. The molecule has 0 aliphatic heterocycles. The Kier molecular flexibility index (Phi) is 6.38. The van der Waals surface area contributed by atoms with E-state index in [1.807, 2.05) is 6.92 Å². The molecule has 0 fully saturated rings. The zero-order chi connectivity index (χ0) is 19.3. The van der Waals surface area contributed by atoms with E-state index < -0.39 is 23.5 Å². The van der Waals surface area contributed by atoms with Gasteiger partial charge in [-0.15, -0.1) is 0 Å². The van der Waals surface area contributed by atoms with E-state index in [9.17, 15) is 19.5 Å². The van der Waals surface area contributed by atoms with Gasteiger partial charge >= 0.3 is 5.63 Å². The first-order valence-electron chi connectivity index (χ1n) is 8.47. The van der Waals surface area contributed by atoms with E-state index in [0.717, 1.165) is 6.42 Å². The molecule has 26 heavy (non-hydrogen) atoms. The van der Waals surface area contributed by atoms with E-state index in [4.69, 9.17) is 9.15 Å². The van der Waals surface area contributed by atoms with Crippen molar-refractivity contribution >= 4 is 22.8 Å². The summed E-state index contributed by atoms with van der Waals surface area (Å²) in [6.45, 7) is 3.69. The van der Waals surface area contributed by atoms with E-state index in [1.54, 1.807) is 19.1 Å². The van der Waals surface area contributed by atoms with Gasteiger partial charge in [0.25, 0.3) is 0 Å². The highest BCUT2D eigenvalue weighted by Crippen LogP contribution is 2.28. The van der Waals surface area contributed by atoms with Crippen LogP contribution in [0.15, 0.2) is 27.4 Å². The number of amides is 1. The van der Waals surface area contributed by atoms with Crippen molar-refractivity contribution in [2.45, 2.75) is 45.6 Å². The minimum atomic E-state index is -1.31. The van der Waals surface area contributed by atoms with E-state index in [2.05, 4.69) is 5.32 Å². The molecule has 0 aliphatic carbocycles. The third-order valence-electron chi connectivity index (χ3n) is 4.23. The Hall–Kier alpha value is -2.83. The lowest BCUT2D eigenvalue weighted by molar-refractivity contribution is -0.308. The quantitative estimate of drug-likeness (QED) is 0.706. The molecule has 1 heterocycles. The molecule has 2 aromatic rings. The van der Waals surface area contributed by atoms with Gasteiger partial charge in [-0.3, -0.25) is 4.79 Å². The number of methoxy groups -OCH3 is 1. The van der Waals surface area contributed by atoms with Crippen molar-refractivity contribution in [2.75, 3.05) is 7.11 Å². The Morgan fingerprint density at radius 2 is 2.08 bits per heavy atom. The number of nitrogens with one attached hydrogen (secondary N) is 1. The molecule has 1 N–H and O–H groups in total. The molecule has 0 bridgehead atoms. The number of aryl methyl sites for hydroxylation is 1. The summed E-state index contributed by atoms with van der Waals surface area (Å²) in [5.74, 6) is -1.24. The predicted molar refractivity (Wildman–Crippen MR) is 93.9 cm³/mol. The fourth-order valence-electron chi connectivity index (χ4n) is 2.85. The van der Waals surface area contributed by atoms with Crippen LogP contribution in [0, 0.1) is 6.92 Å². The number of carboxylic acids is 1. The Morgan fingerprint density at radius 3 is 2.69 bits per heavy atom. The Morgan fingerprint density at radius 1 is 1.35 bits per heavy atom. The molecule has 2 rings (SSSR count). The molecular formula is C19H22NO6-. The molecule has 0 radical (unpaired) electrons. The molecule has 0 unspecified atom stereocenters. The number of hydrogen-bond acceptors (Lipinski definition) is 6. The summed E-state index contributed by atoms with van der Waals surface area (Å²) in [6.07, 6.45) is 1.64. The number of ether oxygens (including phenoxy) is 1. The third kappa shape index (κ3) is 4.41. The van der Waals surface area contributed by atoms with Crippen molar-refractivity contribution in [1.82, 2.24) is 5.32 Å². The molecule has 0 saturated carbocycles. The van der Waals surface area contributed by atoms with Crippen LogP contribution in [0.5, 0.6) is 5.75 Å². The van der Waals surface area contributed by atoms with Crippen LogP contribution in [-0.4, -0.2) is 25.0 Å². The third-order valence-corrected chi connectivity index (χ3v) is 4.23. The van der Waals surface area contributed by atoms with Crippen molar-refractivity contribution in [3.8, 4) is 5.75 Å². The second kappa shape index (κ2) is 8.51. The fraction of sp³-hybridized carbons (Fsp3) is 0.421. The monoisotopic (exact) mass is 360 g/mol. The lowest BCUT2D eigenvalue weighted by Gasteiger charge is -2.19. The van der Waals surface area contributed by atoms with Crippen LogP contribution in [0.2, 0.25) is 0 Å². The summed E-state index contributed by atoms with van der Waals surface area (Å²) in [6, 6.07) is 3.63. The van der Waals surface area contributed by atoms with Crippen molar-refractivity contribution in [3.63, 3.8) is 0 Å². The molecule has 1 atom stereocenters. The molecule has 1 amide bonds. The van der Waals surface area contributed by atoms with Gasteiger partial charge in [0.15, 0.2) is 0 Å². The smallest absolute Gasteiger partial charge is 0.336 e. The van der Waals surface area contributed by atoms with Gasteiger partial charge in [-0.1, -0.05) is 19.8 Å². The van der Waals surface area contributed by atoms with Crippen LogP contribution in [0.3, 0.4) is 0 Å². The SMILES string of the molecule is CCCC[C@@H](NC(=O)Cc1cc(=O)oc2c(C)c(OC)ccc12)C(=O)[O-]. The largest absolute Gasteiger partial charge is 0.548 e. The van der Waals surface area contributed by atoms with Gasteiger partial charge in [-0.2, -0.15) is 0 Å². The second-order valence-electron chi connectivity index (χ2n) is 6.12. The number of hydrogen-bond donors (Lipinski definition) is 1. The Labute approximate surface area is 151 Å². The molecular weight excluding hydrogens is 338 g/mol. The lowest BCUT2D eigenvalue weighted by Crippen LogP contribution is -2.48. The van der Waals surface area contributed by atoms with Crippen molar-refractivity contribution < 1.29 is 23.8 Å². The first-order chi connectivity index (χ1) is 12.4.